The van der Waals surface area contributed by atoms with Gasteiger partial charge in [-0.25, -0.2) is 0 Å². The molecule has 2 aromatic rings. The number of carbonyl (C=O) groups excluding carboxylic acids is 1. The lowest BCUT2D eigenvalue weighted by atomic mass is 9.99. The monoisotopic (exact) mass is 336 g/mol. The van der Waals surface area contributed by atoms with E-state index in [0.29, 0.717) is 11.4 Å². The summed E-state index contributed by atoms with van der Waals surface area (Å²) in [6, 6.07) is 17.7. The Morgan fingerprint density at radius 1 is 1.12 bits per heavy atom. The predicted molar refractivity (Wildman–Crippen MR) is 102 cm³/mol. The summed E-state index contributed by atoms with van der Waals surface area (Å²) in [6.07, 6.45) is 3.18. The highest BCUT2D eigenvalue weighted by molar-refractivity contribution is 5.95. The first-order chi connectivity index (χ1) is 12.2. The molecule has 3 rings (SSSR count). The molecule has 130 valence electrons. The average Bonchev–Trinajstić information content (AvgIpc) is 2.68. The van der Waals surface area contributed by atoms with E-state index < -0.39 is 0 Å². The van der Waals surface area contributed by atoms with E-state index in [1.54, 1.807) is 7.11 Å². The minimum Gasteiger partial charge on any atom is -0.495 e. The first-order valence-corrected chi connectivity index (χ1v) is 8.61. The van der Waals surface area contributed by atoms with Gasteiger partial charge in [-0.3, -0.25) is 9.69 Å². The topological polar surface area (TPSA) is 41.6 Å². The van der Waals surface area contributed by atoms with Crippen molar-refractivity contribution in [3.05, 3.63) is 66.2 Å². The van der Waals surface area contributed by atoms with Crippen LogP contribution in [-0.4, -0.2) is 37.0 Å². The molecule has 1 aliphatic rings. The number of carbonyl (C=O) groups is 1. The predicted octanol–water partition coefficient (Wildman–Crippen LogP) is 3.81. The number of benzene rings is 2. The number of methoxy groups -OCH3 is 1. The molecule has 0 aliphatic carbocycles. The molecule has 1 aliphatic heterocycles. The number of hydrogen-bond acceptors (Lipinski definition) is 3. The van der Waals surface area contributed by atoms with Crippen LogP contribution in [0.3, 0.4) is 0 Å². The number of nitrogens with one attached hydrogen (secondary N) is 1. The minimum atomic E-state index is -0.196. The SMILES string of the molecule is COc1ccccc1NC(=O)[C@H](C)N1CC=C(c2ccccc2)CC1. The fourth-order valence-corrected chi connectivity index (χ4v) is 3.10. The van der Waals surface area contributed by atoms with Gasteiger partial charge in [0, 0.05) is 13.1 Å². The van der Waals surface area contributed by atoms with E-state index >= 15 is 0 Å². The van der Waals surface area contributed by atoms with Gasteiger partial charge < -0.3 is 10.1 Å². The number of anilines is 1. The smallest absolute Gasteiger partial charge is 0.241 e. The molecular formula is C21H24N2O2. The van der Waals surface area contributed by atoms with E-state index in [2.05, 4.69) is 40.6 Å². The van der Waals surface area contributed by atoms with Crippen LogP contribution in [0.2, 0.25) is 0 Å². The second-order valence-corrected chi connectivity index (χ2v) is 6.21. The lowest BCUT2D eigenvalue weighted by Gasteiger charge is -2.31. The Bertz CT molecular complexity index is 756. The highest BCUT2D eigenvalue weighted by atomic mass is 16.5. The number of hydrogen-bond donors (Lipinski definition) is 1. The third-order valence-electron chi connectivity index (χ3n) is 4.68. The highest BCUT2D eigenvalue weighted by Gasteiger charge is 2.24. The molecule has 0 spiro atoms. The summed E-state index contributed by atoms with van der Waals surface area (Å²) in [6.45, 7) is 3.61. The van der Waals surface area contributed by atoms with Crippen LogP contribution in [0.4, 0.5) is 5.69 Å². The van der Waals surface area contributed by atoms with Gasteiger partial charge >= 0.3 is 0 Å². The molecule has 2 aromatic carbocycles. The highest BCUT2D eigenvalue weighted by Crippen LogP contribution is 2.25. The lowest BCUT2D eigenvalue weighted by Crippen LogP contribution is -2.44. The van der Waals surface area contributed by atoms with E-state index in [4.69, 9.17) is 4.74 Å². The van der Waals surface area contributed by atoms with Gasteiger partial charge in [0.2, 0.25) is 5.91 Å². The third kappa shape index (κ3) is 4.09. The normalized spacial score (nSPS) is 16.0. The van der Waals surface area contributed by atoms with Crippen LogP contribution in [-0.2, 0) is 4.79 Å². The molecule has 25 heavy (non-hydrogen) atoms. The van der Waals surface area contributed by atoms with Crippen molar-refractivity contribution >= 4 is 17.2 Å². The number of amides is 1. The molecule has 1 heterocycles. The summed E-state index contributed by atoms with van der Waals surface area (Å²) in [5, 5.41) is 2.98. The molecule has 1 amide bonds. The van der Waals surface area contributed by atoms with Crippen molar-refractivity contribution in [1.29, 1.82) is 0 Å². The van der Waals surface area contributed by atoms with Crippen molar-refractivity contribution in [3.63, 3.8) is 0 Å². The molecule has 0 bridgehead atoms. The van der Waals surface area contributed by atoms with Crippen LogP contribution in [0.15, 0.2) is 60.7 Å². The summed E-state index contributed by atoms with van der Waals surface area (Å²) in [5.41, 5.74) is 3.34. The van der Waals surface area contributed by atoms with Crippen molar-refractivity contribution in [2.75, 3.05) is 25.5 Å². The summed E-state index contributed by atoms with van der Waals surface area (Å²) >= 11 is 0. The van der Waals surface area contributed by atoms with E-state index in [0.717, 1.165) is 19.5 Å². The van der Waals surface area contributed by atoms with Gasteiger partial charge in [0.15, 0.2) is 0 Å². The van der Waals surface area contributed by atoms with Crippen LogP contribution in [0, 0.1) is 0 Å². The Balaban J connectivity index is 1.63. The van der Waals surface area contributed by atoms with Crippen molar-refractivity contribution < 1.29 is 9.53 Å². The molecule has 0 saturated heterocycles. The molecule has 4 nitrogen and oxygen atoms in total. The zero-order chi connectivity index (χ0) is 17.6. The van der Waals surface area contributed by atoms with E-state index in [-0.39, 0.29) is 11.9 Å². The number of nitrogens with zero attached hydrogens (tertiary/aromatic N) is 1. The average molecular weight is 336 g/mol. The molecule has 4 heteroatoms. The minimum absolute atomic E-state index is 0.0129. The maximum Gasteiger partial charge on any atom is 0.241 e. The van der Waals surface area contributed by atoms with Crippen LogP contribution in [0.25, 0.3) is 5.57 Å². The van der Waals surface area contributed by atoms with E-state index in [1.807, 2.05) is 37.3 Å². The maximum atomic E-state index is 12.6. The van der Waals surface area contributed by atoms with Crippen LogP contribution in [0.1, 0.15) is 18.9 Å². The van der Waals surface area contributed by atoms with Crippen molar-refractivity contribution in [1.82, 2.24) is 4.90 Å². The van der Waals surface area contributed by atoms with Crippen molar-refractivity contribution in [3.8, 4) is 5.75 Å². The van der Waals surface area contributed by atoms with E-state index in [9.17, 15) is 4.79 Å². The zero-order valence-electron chi connectivity index (χ0n) is 14.7. The molecule has 0 aromatic heterocycles. The van der Waals surface area contributed by atoms with E-state index in [1.165, 1.54) is 11.1 Å². The van der Waals surface area contributed by atoms with Gasteiger partial charge in [-0.1, -0.05) is 48.5 Å². The molecule has 1 atom stereocenters. The molecule has 0 fully saturated rings. The fraction of sp³-hybridized carbons (Fsp3) is 0.286. The van der Waals surface area contributed by atoms with Crippen LogP contribution < -0.4 is 10.1 Å². The number of para-hydroxylation sites is 2. The van der Waals surface area contributed by atoms with Crippen molar-refractivity contribution in [2.45, 2.75) is 19.4 Å². The van der Waals surface area contributed by atoms with Gasteiger partial charge in [-0.05, 0) is 36.6 Å². The standard InChI is InChI=1S/C21H24N2O2/c1-16(21(24)22-19-10-6-7-11-20(19)25-2)23-14-12-18(13-15-23)17-8-4-3-5-9-17/h3-12,16H,13-15H2,1-2H3,(H,22,24)/t16-/m0/s1. The summed E-state index contributed by atoms with van der Waals surface area (Å²) in [7, 11) is 1.61. The summed E-state index contributed by atoms with van der Waals surface area (Å²) in [4.78, 5) is 14.8. The Morgan fingerprint density at radius 3 is 2.52 bits per heavy atom. The molecule has 1 N–H and O–H groups in total. The second-order valence-electron chi connectivity index (χ2n) is 6.21. The molecular weight excluding hydrogens is 312 g/mol. The van der Waals surface area contributed by atoms with Crippen LogP contribution in [0.5, 0.6) is 5.75 Å². The zero-order valence-corrected chi connectivity index (χ0v) is 14.7. The van der Waals surface area contributed by atoms with Gasteiger partial charge in [-0.2, -0.15) is 0 Å². The molecule has 0 radical (unpaired) electrons. The Hall–Kier alpha value is -2.59. The summed E-state index contributed by atoms with van der Waals surface area (Å²) < 4.78 is 5.30. The fourth-order valence-electron chi connectivity index (χ4n) is 3.10. The Morgan fingerprint density at radius 2 is 1.84 bits per heavy atom. The van der Waals surface area contributed by atoms with Gasteiger partial charge in [0.1, 0.15) is 5.75 Å². The molecule has 0 unspecified atom stereocenters. The summed E-state index contributed by atoms with van der Waals surface area (Å²) in [5.74, 6) is 0.661. The van der Waals surface area contributed by atoms with Crippen LogP contribution >= 0.6 is 0 Å². The quantitative estimate of drug-likeness (QED) is 0.903. The first kappa shape index (κ1) is 17.2. The lowest BCUT2D eigenvalue weighted by molar-refractivity contribution is -0.120. The Labute approximate surface area is 149 Å². The van der Waals surface area contributed by atoms with Gasteiger partial charge in [-0.15, -0.1) is 0 Å². The maximum absolute atomic E-state index is 12.6. The number of rotatable bonds is 5. The first-order valence-electron chi connectivity index (χ1n) is 8.61. The van der Waals surface area contributed by atoms with Gasteiger partial charge in [0.25, 0.3) is 0 Å². The Kier molecular flexibility index (Phi) is 5.51. The van der Waals surface area contributed by atoms with Gasteiger partial charge in [0.05, 0.1) is 18.8 Å². The van der Waals surface area contributed by atoms with Crippen molar-refractivity contribution in [2.24, 2.45) is 0 Å². The number of ether oxygens (including phenoxy) is 1. The second kappa shape index (κ2) is 7.99. The largest absolute Gasteiger partial charge is 0.495 e. The molecule has 0 saturated carbocycles. The third-order valence-corrected chi connectivity index (χ3v) is 4.68.